The average molecular weight is 345 g/mol. The van der Waals surface area contributed by atoms with E-state index in [9.17, 15) is 0 Å². The van der Waals surface area contributed by atoms with E-state index in [2.05, 4.69) is 49.3 Å². The van der Waals surface area contributed by atoms with Crippen molar-refractivity contribution < 1.29 is 0 Å². The molecule has 2 aromatic heterocycles. The van der Waals surface area contributed by atoms with Gasteiger partial charge < -0.3 is 15.2 Å². The van der Waals surface area contributed by atoms with Gasteiger partial charge in [0.15, 0.2) is 5.96 Å². The number of rotatable bonds is 6. The SMILES string of the molecule is CCNC(=NCCn1cnnc1CC)NC1CCc2nc(C)nn2C1. The Morgan fingerprint density at radius 1 is 1.40 bits per heavy atom. The molecule has 1 aliphatic heterocycles. The summed E-state index contributed by atoms with van der Waals surface area (Å²) in [6.07, 6.45) is 4.63. The first-order valence-electron chi connectivity index (χ1n) is 9.01. The molecule has 0 amide bonds. The van der Waals surface area contributed by atoms with Gasteiger partial charge >= 0.3 is 0 Å². The highest BCUT2D eigenvalue weighted by Crippen LogP contribution is 2.12. The van der Waals surface area contributed by atoms with Crippen LogP contribution in [-0.2, 0) is 25.9 Å². The van der Waals surface area contributed by atoms with E-state index in [1.165, 1.54) is 0 Å². The van der Waals surface area contributed by atoms with Crippen LogP contribution < -0.4 is 10.6 Å². The summed E-state index contributed by atoms with van der Waals surface area (Å²) in [5.74, 6) is 3.77. The van der Waals surface area contributed by atoms with E-state index in [1.807, 2.05) is 11.6 Å². The largest absolute Gasteiger partial charge is 0.357 e. The van der Waals surface area contributed by atoms with E-state index < -0.39 is 0 Å². The monoisotopic (exact) mass is 345 g/mol. The fourth-order valence-electron chi connectivity index (χ4n) is 3.07. The van der Waals surface area contributed by atoms with Crippen LogP contribution in [0.5, 0.6) is 0 Å². The fourth-order valence-corrected chi connectivity index (χ4v) is 3.07. The van der Waals surface area contributed by atoms with Gasteiger partial charge in [-0.25, -0.2) is 9.67 Å². The van der Waals surface area contributed by atoms with Crippen LogP contribution >= 0.6 is 0 Å². The number of nitrogens with one attached hydrogen (secondary N) is 2. The van der Waals surface area contributed by atoms with Crippen molar-refractivity contribution >= 4 is 5.96 Å². The zero-order valence-corrected chi connectivity index (χ0v) is 15.2. The van der Waals surface area contributed by atoms with E-state index in [0.717, 1.165) is 62.3 Å². The van der Waals surface area contributed by atoms with Crippen molar-refractivity contribution in [2.75, 3.05) is 13.1 Å². The molecule has 136 valence electrons. The molecule has 25 heavy (non-hydrogen) atoms. The lowest BCUT2D eigenvalue weighted by Gasteiger charge is -2.25. The molecular weight excluding hydrogens is 318 g/mol. The van der Waals surface area contributed by atoms with Crippen LogP contribution in [0.1, 0.15) is 37.7 Å². The fraction of sp³-hybridized carbons (Fsp3) is 0.688. The van der Waals surface area contributed by atoms with Crippen molar-refractivity contribution in [3.05, 3.63) is 23.8 Å². The summed E-state index contributed by atoms with van der Waals surface area (Å²) >= 11 is 0. The van der Waals surface area contributed by atoms with Gasteiger partial charge in [0.25, 0.3) is 0 Å². The van der Waals surface area contributed by atoms with E-state index in [-0.39, 0.29) is 0 Å². The summed E-state index contributed by atoms with van der Waals surface area (Å²) < 4.78 is 4.06. The van der Waals surface area contributed by atoms with Gasteiger partial charge in [-0.3, -0.25) is 4.99 Å². The Morgan fingerprint density at radius 3 is 3.08 bits per heavy atom. The third-order valence-corrected chi connectivity index (χ3v) is 4.27. The second-order valence-corrected chi connectivity index (χ2v) is 6.19. The minimum atomic E-state index is 0.313. The summed E-state index contributed by atoms with van der Waals surface area (Å²) in [5.41, 5.74) is 0. The van der Waals surface area contributed by atoms with Crippen LogP contribution in [0.15, 0.2) is 11.3 Å². The maximum Gasteiger partial charge on any atom is 0.191 e. The molecule has 2 N–H and O–H groups in total. The van der Waals surface area contributed by atoms with Crippen molar-refractivity contribution in [3.8, 4) is 0 Å². The Hall–Kier alpha value is -2.45. The third-order valence-electron chi connectivity index (χ3n) is 4.27. The lowest BCUT2D eigenvalue weighted by molar-refractivity contribution is 0.392. The van der Waals surface area contributed by atoms with Crippen LogP contribution in [-0.4, -0.2) is 54.6 Å². The van der Waals surface area contributed by atoms with Crippen LogP contribution in [0.25, 0.3) is 0 Å². The third kappa shape index (κ3) is 4.34. The van der Waals surface area contributed by atoms with Gasteiger partial charge in [0.2, 0.25) is 0 Å². The number of hydrogen-bond acceptors (Lipinski definition) is 5. The minimum Gasteiger partial charge on any atom is -0.357 e. The van der Waals surface area contributed by atoms with E-state index in [0.29, 0.717) is 12.6 Å². The molecule has 3 heterocycles. The quantitative estimate of drug-likeness (QED) is 0.578. The second-order valence-electron chi connectivity index (χ2n) is 6.19. The molecule has 9 heteroatoms. The molecule has 2 aromatic rings. The number of fused-ring (bicyclic) bond motifs is 1. The predicted octanol–water partition coefficient (Wildman–Crippen LogP) is 0.311. The van der Waals surface area contributed by atoms with Gasteiger partial charge in [-0.1, -0.05) is 6.92 Å². The summed E-state index contributed by atoms with van der Waals surface area (Å²) in [6.45, 7) is 9.22. The molecular formula is C16H27N9. The van der Waals surface area contributed by atoms with Crippen molar-refractivity contribution in [1.29, 1.82) is 0 Å². The molecule has 0 spiro atoms. The standard InChI is InChI=1S/C16H27N9/c1-4-14-22-19-11-24(14)9-8-18-16(17-5-2)21-13-6-7-15-20-12(3)23-25(15)10-13/h11,13H,4-10H2,1-3H3,(H2,17,18,21). The first-order chi connectivity index (χ1) is 12.2. The molecule has 0 fully saturated rings. The van der Waals surface area contributed by atoms with Crippen LogP contribution in [0.3, 0.4) is 0 Å². The lowest BCUT2D eigenvalue weighted by Crippen LogP contribution is -2.47. The summed E-state index contributed by atoms with van der Waals surface area (Å²) in [5, 5.41) is 19.4. The van der Waals surface area contributed by atoms with Crippen molar-refractivity contribution in [3.63, 3.8) is 0 Å². The Balaban J connectivity index is 1.57. The van der Waals surface area contributed by atoms with Gasteiger partial charge in [0.1, 0.15) is 23.8 Å². The summed E-state index contributed by atoms with van der Waals surface area (Å²) in [4.78, 5) is 9.15. The average Bonchev–Trinajstić information content (AvgIpc) is 3.19. The molecule has 1 aliphatic rings. The van der Waals surface area contributed by atoms with E-state index >= 15 is 0 Å². The normalized spacial score (nSPS) is 17.4. The Kier molecular flexibility index (Phi) is 5.62. The van der Waals surface area contributed by atoms with Gasteiger partial charge in [-0.2, -0.15) is 5.10 Å². The predicted molar refractivity (Wildman–Crippen MR) is 95.4 cm³/mol. The van der Waals surface area contributed by atoms with Crippen molar-refractivity contribution in [1.82, 2.24) is 40.2 Å². The molecule has 0 aliphatic carbocycles. The van der Waals surface area contributed by atoms with Crippen LogP contribution in [0.2, 0.25) is 0 Å². The molecule has 1 unspecified atom stereocenters. The number of aliphatic imine (C=N–C) groups is 1. The minimum absolute atomic E-state index is 0.313. The van der Waals surface area contributed by atoms with Crippen LogP contribution in [0, 0.1) is 6.92 Å². The smallest absolute Gasteiger partial charge is 0.191 e. The second kappa shape index (κ2) is 8.09. The zero-order valence-electron chi connectivity index (χ0n) is 15.2. The van der Waals surface area contributed by atoms with Gasteiger partial charge in [-0.15, -0.1) is 10.2 Å². The number of hydrogen-bond donors (Lipinski definition) is 2. The lowest BCUT2D eigenvalue weighted by atomic mass is 10.1. The number of aromatic nitrogens is 6. The topological polar surface area (TPSA) is 97.8 Å². The molecule has 0 saturated heterocycles. The molecule has 0 radical (unpaired) electrons. The van der Waals surface area contributed by atoms with Crippen LogP contribution in [0.4, 0.5) is 0 Å². The van der Waals surface area contributed by atoms with Gasteiger partial charge in [-0.05, 0) is 20.3 Å². The molecule has 3 rings (SSSR count). The summed E-state index contributed by atoms with van der Waals surface area (Å²) in [7, 11) is 0. The zero-order chi connectivity index (χ0) is 17.6. The Labute approximate surface area is 148 Å². The molecule has 1 atom stereocenters. The molecule has 0 saturated carbocycles. The van der Waals surface area contributed by atoms with E-state index in [1.54, 1.807) is 6.33 Å². The number of aryl methyl sites for hydroxylation is 3. The maximum absolute atomic E-state index is 4.69. The van der Waals surface area contributed by atoms with Gasteiger partial charge in [0, 0.05) is 32.0 Å². The number of guanidine groups is 1. The van der Waals surface area contributed by atoms with E-state index in [4.69, 9.17) is 4.99 Å². The number of nitrogens with zero attached hydrogens (tertiary/aromatic N) is 7. The highest BCUT2D eigenvalue weighted by molar-refractivity contribution is 5.80. The summed E-state index contributed by atoms with van der Waals surface area (Å²) in [6, 6.07) is 0.313. The Bertz CT molecular complexity index is 715. The molecule has 9 nitrogen and oxygen atoms in total. The highest BCUT2D eigenvalue weighted by atomic mass is 15.4. The van der Waals surface area contributed by atoms with Gasteiger partial charge in [0.05, 0.1) is 13.1 Å². The Morgan fingerprint density at radius 2 is 2.28 bits per heavy atom. The first kappa shape index (κ1) is 17.4. The van der Waals surface area contributed by atoms with Crippen molar-refractivity contribution in [2.45, 2.75) is 59.2 Å². The highest BCUT2D eigenvalue weighted by Gasteiger charge is 2.21. The molecule has 0 aromatic carbocycles. The maximum atomic E-state index is 4.69. The van der Waals surface area contributed by atoms with Crippen molar-refractivity contribution in [2.24, 2.45) is 4.99 Å². The molecule has 0 bridgehead atoms. The first-order valence-corrected chi connectivity index (χ1v) is 9.01.